The van der Waals surface area contributed by atoms with Gasteiger partial charge in [-0.1, -0.05) is 24.6 Å². The number of anilines is 1. The molecule has 0 saturated carbocycles. The predicted octanol–water partition coefficient (Wildman–Crippen LogP) is 3.03. The number of carboxylic acids is 1. The fourth-order valence-corrected chi connectivity index (χ4v) is 1.89. The van der Waals surface area contributed by atoms with E-state index in [1.165, 1.54) is 0 Å². The number of hydrogen-bond acceptors (Lipinski definition) is 2. The van der Waals surface area contributed by atoms with Crippen molar-refractivity contribution in [1.82, 2.24) is 5.32 Å². The summed E-state index contributed by atoms with van der Waals surface area (Å²) < 4.78 is 0. The molecule has 0 bridgehead atoms. The zero-order chi connectivity index (χ0) is 16.0. The van der Waals surface area contributed by atoms with Crippen molar-refractivity contribution in [2.24, 2.45) is 5.41 Å². The Balaban J connectivity index is 2.76. The van der Waals surface area contributed by atoms with E-state index in [-0.39, 0.29) is 12.6 Å². The van der Waals surface area contributed by atoms with Crippen LogP contribution < -0.4 is 10.2 Å². The molecule has 116 valence electrons. The molecule has 21 heavy (non-hydrogen) atoms. The van der Waals surface area contributed by atoms with Gasteiger partial charge in [0.2, 0.25) is 0 Å². The minimum absolute atomic E-state index is 0.111. The van der Waals surface area contributed by atoms with Gasteiger partial charge in [-0.2, -0.15) is 0 Å². The van der Waals surface area contributed by atoms with Crippen LogP contribution in [0.15, 0.2) is 24.3 Å². The van der Waals surface area contributed by atoms with E-state index in [2.05, 4.69) is 5.32 Å². The molecule has 2 amide bonds. The molecule has 0 heterocycles. The normalized spacial score (nSPS) is 13.3. The number of amides is 2. The lowest BCUT2D eigenvalue weighted by atomic mass is 9.88. The van der Waals surface area contributed by atoms with Crippen molar-refractivity contribution in [2.75, 3.05) is 18.0 Å². The number of nitrogens with one attached hydrogen (secondary N) is 1. The van der Waals surface area contributed by atoms with Crippen LogP contribution in [0.25, 0.3) is 0 Å². The standard InChI is InChI=1S/C16H24N2O3/c1-5-16(4,14(19)20)11-17-15(21)18(6-2)13-9-7-12(3)8-10-13/h7-10H,5-6,11H2,1-4H3,(H,17,21)(H,19,20). The van der Waals surface area contributed by atoms with Crippen molar-refractivity contribution in [1.29, 1.82) is 0 Å². The molecule has 0 radical (unpaired) electrons. The van der Waals surface area contributed by atoms with E-state index in [4.69, 9.17) is 0 Å². The number of carboxylic acid groups (broad SMARTS) is 1. The Hall–Kier alpha value is -2.04. The minimum Gasteiger partial charge on any atom is -0.481 e. The van der Waals surface area contributed by atoms with Gasteiger partial charge in [0.05, 0.1) is 5.41 Å². The highest BCUT2D eigenvalue weighted by Crippen LogP contribution is 2.20. The molecule has 0 aliphatic rings. The summed E-state index contributed by atoms with van der Waals surface area (Å²) in [6.45, 7) is 7.94. The molecular formula is C16H24N2O3. The third-order valence-electron chi connectivity index (χ3n) is 3.83. The van der Waals surface area contributed by atoms with Gasteiger partial charge < -0.3 is 10.4 Å². The SMILES string of the molecule is CCN(C(=O)NCC(C)(CC)C(=O)O)c1ccc(C)cc1. The van der Waals surface area contributed by atoms with Crippen LogP contribution >= 0.6 is 0 Å². The molecule has 0 saturated heterocycles. The highest BCUT2D eigenvalue weighted by atomic mass is 16.4. The zero-order valence-electron chi connectivity index (χ0n) is 13.1. The summed E-state index contributed by atoms with van der Waals surface area (Å²) in [6.07, 6.45) is 0.458. The van der Waals surface area contributed by atoms with Crippen LogP contribution in [-0.2, 0) is 4.79 Å². The van der Waals surface area contributed by atoms with E-state index in [1.807, 2.05) is 38.1 Å². The average molecular weight is 292 g/mol. The number of nitrogens with zero attached hydrogens (tertiary/aromatic N) is 1. The number of aliphatic carboxylic acids is 1. The first-order valence-corrected chi connectivity index (χ1v) is 7.19. The monoisotopic (exact) mass is 292 g/mol. The summed E-state index contributed by atoms with van der Waals surface area (Å²) in [4.78, 5) is 25.1. The molecular weight excluding hydrogens is 268 g/mol. The highest BCUT2D eigenvalue weighted by molar-refractivity contribution is 5.92. The second-order valence-electron chi connectivity index (χ2n) is 5.46. The smallest absolute Gasteiger partial charge is 0.321 e. The molecule has 5 heteroatoms. The quantitative estimate of drug-likeness (QED) is 0.846. The van der Waals surface area contributed by atoms with Gasteiger partial charge in [0.25, 0.3) is 0 Å². The third kappa shape index (κ3) is 4.21. The summed E-state index contributed by atoms with van der Waals surface area (Å²) in [7, 11) is 0. The first kappa shape index (κ1) is 17.0. The highest BCUT2D eigenvalue weighted by Gasteiger charge is 2.32. The molecule has 0 aliphatic carbocycles. The van der Waals surface area contributed by atoms with Gasteiger partial charge in [0.15, 0.2) is 0 Å². The van der Waals surface area contributed by atoms with E-state index in [1.54, 1.807) is 18.7 Å². The topological polar surface area (TPSA) is 69.6 Å². The van der Waals surface area contributed by atoms with Crippen LogP contribution in [0.2, 0.25) is 0 Å². The van der Waals surface area contributed by atoms with Gasteiger partial charge >= 0.3 is 12.0 Å². The van der Waals surface area contributed by atoms with Crippen LogP contribution in [0.3, 0.4) is 0 Å². The third-order valence-corrected chi connectivity index (χ3v) is 3.83. The van der Waals surface area contributed by atoms with Crippen molar-refractivity contribution in [2.45, 2.75) is 34.1 Å². The maximum atomic E-state index is 12.3. The molecule has 1 aromatic rings. The second kappa shape index (κ2) is 7.11. The summed E-state index contributed by atoms with van der Waals surface area (Å²) in [5.41, 5.74) is 0.983. The fraction of sp³-hybridized carbons (Fsp3) is 0.500. The number of carbonyl (C=O) groups excluding carboxylic acids is 1. The number of carbonyl (C=O) groups is 2. The number of urea groups is 1. The zero-order valence-corrected chi connectivity index (χ0v) is 13.1. The second-order valence-corrected chi connectivity index (χ2v) is 5.46. The Labute approximate surface area is 126 Å². The van der Waals surface area contributed by atoms with Gasteiger partial charge in [0, 0.05) is 18.8 Å². The van der Waals surface area contributed by atoms with Crippen LogP contribution in [0.1, 0.15) is 32.8 Å². The number of benzene rings is 1. The van der Waals surface area contributed by atoms with E-state index >= 15 is 0 Å². The molecule has 1 rings (SSSR count). The van der Waals surface area contributed by atoms with E-state index < -0.39 is 11.4 Å². The maximum absolute atomic E-state index is 12.3. The molecule has 0 fully saturated rings. The number of hydrogen-bond donors (Lipinski definition) is 2. The van der Waals surface area contributed by atoms with Crippen molar-refractivity contribution in [3.63, 3.8) is 0 Å². The first-order chi connectivity index (χ1) is 9.84. The average Bonchev–Trinajstić information content (AvgIpc) is 2.47. The summed E-state index contributed by atoms with van der Waals surface area (Å²) in [5.74, 6) is -0.899. The van der Waals surface area contributed by atoms with Crippen LogP contribution in [0, 0.1) is 12.3 Å². The van der Waals surface area contributed by atoms with Gasteiger partial charge in [-0.05, 0) is 39.3 Å². The first-order valence-electron chi connectivity index (χ1n) is 7.19. The van der Waals surface area contributed by atoms with Crippen molar-refractivity contribution < 1.29 is 14.7 Å². The Bertz CT molecular complexity index is 499. The molecule has 0 aromatic heterocycles. The van der Waals surface area contributed by atoms with Gasteiger partial charge in [-0.15, -0.1) is 0 Å². The summed E-state index contributed by atoms with van der Waals surface area (Å²) in [6, 6.07) is 7.38. The maximum Gasteiger partial charge on any atom is 0.321 e. The number of rotatable bonds is 6. The van der Waals surface area contributed by atoms with E-state index in [0.29, 0.717) is 13.0 Å². The Morgan fingerprint density at radius 2 is 1.81 bits per heavy atom. The lowest BCUT2D eigenvalue weighted by Crippen LogP contribution is -2.46. The fourth-order valence-electron chi connectivity index (χ4n) is 1.89. The van der Waals surface area contributed by atoms with E-state index in [0.717, 1.165) is 11.3 Å². The van der Waals surface area contributed by atoms with E-state index in [9.17, 15) is 14.7 Å². The van der Waals surface area contributed by atoms with Crippen LogP contribution in [-0.4, -0.2) is 30.2 Å². The van der Waals surface area contributed by atoms with Crippen LogP contribution in [0.5, 0.6) is 0 Å². The molecule has 1 aromatic carbocycles. The lowest BCUT2D eigenvalue weighted by Gasteiger charge is -2.27. The molecule has 1 unspecified atom stereocenters. The molecule has 5 nitrogen and oxygen atoms in total. The largest absolute Gasteiger partial charge is 0.481 e. The molecule has 0 aliphatic heterocycles. The Morgan fingerprint density at radius 1 is 1.24 bits per heavy atom. The Morgan fingerprint density at radius 3 is 2.24 bits per heavy atom. The van der Waals surface area contributed by atoms with Crippen molar-refractivity contribution in [3.8, 4) is 0 Å². The van der Waals surface area contributed by atoms with Gasteiger partial charge in [0.1, 0.15) is 0 Å². The minimum atomic E-state index is -0.942. The van der Waals surface area contributed by atoms with Crippen molar-refractivity contribution in [3.05, 3.63) is 29.8 Å². The lowest BCUT2D eigenvalue weighted by molar-refractivity contribution is -0.147. The van der Waals surface area contributed by atoms with Crippen molar-refractivity contribution >= 4 is 17.7 Å². The van der Waals surface area contributed by atoms with Gasteiger partial charge in [-0.3, -0.25) is 9.69 Å². The molecule has 2 N–H and O–H groups in total. The predicted molar refractivity (Wildman–Crippen MR) is 83.6 cm³/mol. The Kier molecular flexibility index (Phi) is 5.76. The molecule has 0 spiro atoms. The summed E-state index contributed by atoms with van der Waals surface area (Å²) in [5, 5.41) is 11.9. The van der Waals surface area contributed by atoms with Crippen LogP contribution in [0.4, 0.5) is 10.5 Å². The molecule has 1 atom stereocenters. The van der Waals surface area contributed by atoms with Gasteiger partial charge in [-0.25, -0.2) is 4.79 Å². The summed E-state index contributed by atoms with van der Waals surface area (Å²) >= 11 is 0. The number of aryl methyl sites for hydroxylation is 1.